The Morgan fingerprint density at radius 3 is 2.64 bits per heavy atom. The maximum absolute atomic E-state index is 13.2. The summed E-state index contributed by atoms with van der Waals surface area (Å²) in [5.41, 5.74) is -0.830. The van der Waals surface area contributed by atoms with E-state index in [1.807, 2.05) is 4.90 Å². The van der Waals surface area contributed by atoms with E-state index in [-0.39, 0.29) is 11.0 Å². The Kier molecular flexibility index (Phi) is 3.43. The molecule has 11 heteroatoms. The molecule has 1 aliphatic heterocycles. The van der Waals surface area contributed by atoms with Gasteiger partial charge in [0, 0.05) is 26.2 Å². The zero-order valence-electron chi connectivity index (χ0n) is 12.7. The molecule has 1 N–H and O–H groups in total. The molecule has 1 aromatic carbocycles. The van der Waals surface area contributed by atoms with Crippen LogP contribution in [-0.2, 0) is 6.18 Å². The van der Waals surface area contributed by atoms with Gasteiger partial charge in [-0.15, -0.1) is 5.10 Å². The molecule has 128 valence electrons. The van der Waals surface area contributed by atoms with Crippen LogP contribution in [0.25, 0.3) is 16.7 Å². The lowest BCUT2D eigenvalue weighted by Crippen LogP contribution is -2.44. The van der Waals surface area contributed by atoms with Crippen molar-refractivity contribution < 1.29 is 13.2 Å². The molecular formula is C14H11F3N8. The van der Waals surface area contributed by atoms with E-state index < -0.39 is 17.3 Å². The van der Waals surface area contributed by atoms with Gasteiger partial charge in [0.05, 0.1) is 28.2 Å². The Labute approximate surface area is 138 Å². The summed E-state index contributed by atoms with van der Waals surface area (Å²) >= 11 is 0. The smallest absolute Gasteiger partial charge is 0.351 e. The van der Waals surface area contributed by atoms with Crippen molar-refractivity contribution in [2.24, 2.45) is 0 Å². The summed E-state index contributed by atoms with van der Waals surface area (Å²) in [6, 6.07) is 3.58. The lowest BCUT2D eigenvalue weighted by molar-refractivity contribution is -0.137. The molecule has 2 aromatic heterocycles. The second-order valence-corrected chi connectivity index (χ2v) is 5.58. The van der Waals surface area contributed by atoms with Gasteiger partial charge in [0.1, 0.15) is 0 Å². The minimum atomic E-state index is -4.65. The Hall–Kier alpha value is -3.00. The van der Waals surface area contributed by atoms with E-state index in [1.165, 1.54) is 4.52 Å². The molecule has 0 atom stereocenters. The highest BCUT2D eigenvalue weighted by Gasteiger charge is 2.34. The van der Waals surface area contributed by atoms with Crippen molar-refractivity contribution in [3.8, 4) is 6.07 Å². The predicted molar refractivity (Wildman–Crippen MR) is 80.9 cm³/mol. The van der Waals surface area contributed by atoms with E-state index in [4.69, 9.17) is 5.26 Å². The minimum Gasteiger partial charge on any atom is -0.351 e. The van der Waals surface area contributed by atoms with E-state index in [2.05, 4.69) is 25.8 Å². The van der Waals surface area contributed by atoms with Crippen molar-refractivity contribution in [1.29, 1.82) is 5.26 Å². The number of benzene rings is 1. The maximum Gasteiger partial charge on any atom is 0.417 e. The third-order valence-corrected chi connectivity index (χ3v) is 4.08. The minimum absolute atomic E-state index is 0.0830. The molecule has 1 saturated heterocycles. The first-order valence-electron chi connectivity index (χ1n) is 7.48. The highest BCUT2D eigenvalue weighted by Crippen LogP contribution is 2.34. The average Bonchev–Trinajstić information content (AvgIpc) is 3.10. The molecule has 1 aliphatic rings. The fourth-order valence-corrected chi connectivity index (χ4v) is 2.90. The van der Waals surface area contributed by atoms with Crippen LogP contribution in [0.2, 0.25) is 0 Å². The van der Waals surface area contributed by atoms with E-state index >= 15 is 0 Å². The van der Waals surface area contributed by atoms with Crippen LogP contribution in [0.3, 0.4) is 0 Å². The van der Waals surface area contributed by atoms with Crippen LogP contribution < -0.4 is 10.2 Å². The highest BCUT2D eigenvalue weighted by molar-refractivity contribution is 5.84. The Morgan fingerprint density at radius 1 is 1.20 bits per heavy atom. The van der Waals surface area contributed by atoms with Crippen molar-refractivity contribution in [2.75, 3.05) is 31.1 Å². The van der Waals surface area contributed by atoms with E-state index in [9.17, 15) is 13.2 Å². The van der Waals surface area contributed by atoms with Gasteiger partial charge in [-0.2, -0.15) is 22.9 Å². The van der Waals surface area contributed by atoms with Gasteiger partial charge >= 0.3 is 6.18 Å². The molecular weight excluding hydrogens is 337 g/mol. The molecule has 0 amide bonds. The second kappa shape index (κ2) is 5.52. The third-order valence-electron chi connectivity index (χ3n) is 4.08. The van der Waals surface area contributed by atoms with Crippen molar-refractivity contribution in [3.05, 3.63) is 23.3 Å². The number of nitrogens with one attached hydrogen (secondary N) is 1. The van der Waals surface area contributed by atoms with Crippen molar-refractivity contribution in [2.45, 2.75) is 6.18 Å². The summed E-state index contributed by atoms with van der Waals surface area (Å²) in [5.74, 6) is 0.428. The Balaban J connectivity index is 2.01. The fourth-order valence-electron chi connectivity index (χ4n) is 2.90. The summed E-state index contributed by atoms with van der Waals surface area (Å²) in [7, 11) is 0. The predicted octanol–water partition coefficient (Wildman–Crippen LogP) is 0.973. The highest BCUT2D eigenvalue weighted by atomic mass is 19.4. The van der Waals surface area contributed by atoms with Crippen LogP contribution in [0.5, 0.6) is 0 Å². The van der Waals surface area contributed by atoms with Crippen LogP contribution in [0.15, 0.2) is 12.1 Å². The molecule has 0 spiro atoms. The molecule has 0 saturated carbocycles. The van der Waals surface area contributed by atoms with Crippen LogP contribution in [0.4, 0.5) is 19.0 Å². The topological polar surface area (TPSA) is 95.0 Å². The Bertz CT molecular complexity index is 997. The largest absolute Gasteiger partial charge is 0.417 e. The first kappa shape index (κ1) is 15.5. The number of hydrogen-bond acceptors (Lipinski definition) is 7. The second-order valence-electron chi connectivity index (χ2n) is 5.58. The lowest BCUT2D eigenvalue weighted by Gasteiger charge is -2.28. The number of halogens is 3. The molecule has 3 aromatic rings. The van der Waals surface area contributed by atoms with Crippen LogP contribution >= 0.6 is 0 Å². The molecule has 8 nitrogen and oxygen atoms in total. The monoisotopic (exact) mass is 348 g/mol. The number of aromatic nitrogens is 5. The first-order valence-corrected chi connectivity index (χ1v) is 7.48. The SMILES string of the molecule is N#Cc1cc2c(cc1C(F)(F)F)nc(N1CCNCC1)c1nnnn12. The number of hydrogen-bond donors (Lipinski definition) is 1. The normalized spacial score (nSPS) is 15.7. The van der Waals surface area contributed by atoms with Gasteiger partial charge < -0.3 is 10.2 Å². The van der Waals surface area contributed by atoms with Crippen LogP contribution in [0.1, 0.15) is 11.1 Å². The summed E-state index contributed by atoms with van der Waals surface area (Å²) in [4.78, 5) is 6.30. The van der Waals surface area contributed by atoms with Gasteiger partial charge in [-0.25, -0.2) is 4.98 Å². The van der Waals surface area contributed by atoms with Gasteiger partial charge in [-0.05, 0) is 22.6 Å². The van der Waals surface area contributed by atoms with Crippen molar-refractivity contribution >= 4 is 22.5 Å². The standard InChI is InChI=1S/C14H11F3N8/c15-14(16,17)9-6-10-11(5-8(9)7-18)25-13(21-22-23-25)12(20-10)24-3-1-19-2-4-24/h5-6,19H,1-4H2. The fraction of sp³-hybridized carbons (Fsp3) is 0.357. The van der Waals surface area contributed by atoms with E-state index in [0.29, 0.717) is 24.6 Å². The molecule has 0 radical (unpaired) electrons. The summed E-state index contributed by atoms with van der Waals surface area (Å²) in [5, 5.41) is 23.7. The van der Waals surface area contributed by atoms with Gasteiger partial charge in [0.2, 0.25) is 5.65 Å². The summed E-state index contributed by atoms with van der Waals surface area (Å²) in [6.07, 6.45) is -4.65. The third kappa shape index (κ3) is 2.51. The van der Waals surface area contributed by atoms with E-state index in [1.54, 1.807) is 6.07 Å². The Morgan fingerprint density at radius 2 is 1.96 bits per heavy atom. The summed E-state index contributed by atoms with van der Waals surface area (Å²) < 4.78 is 41.0. The van der Waals surface area contributed by atoms with Crippen LogP contribution in [0, 0.1) is 11.3 Å². The van der Waals surface area contributed by atoms with Crippen LogP contribution in [-0.4, -0.2) is 51.2 Å². The van der Waals surface area contributed by atoms with Gasteiger partial charge in [-0.1, -0.05) is 0 Å². The van der Waals surface area contributed by atoms with Gasteiger partial charge in [-0.3, -0.25) is 0 Å². The average molecular weight is 348 g/mol. The zero-order valence-corrected chi connectivity index (χ0v) is 12.7. The number of nitrogens with zero attached hydrogens (tertiary/aromatic N) is 7. The molecule has 0 unspecified atom stereocenters. The summed E-state index contributed by atoms with van der Waals surface area (Å²) in [6.45, 7) is 2.75. The molecule has 0 bridgehead atoms. The number of piperazine rings is 1. The molecule has 25 heavy (non-hydrogen) atoms. The number of nitriles is 1. The molecule has 0 aliphatic carbocycles. The zero-order chi connectivity index (χ0) is 17.6. The van der Waals surface area contributed by atoms with Crippen molar-refractivity contribution in [3.63, 3.8) is 0 Å². The first-order chi connectivity index (χ1) is 12.0. The lowest BCUT2D eigenvalue weighted by atomic mass is 10.1. The van der Waals surface area contributed by atoms with Gasteiger partial charge in [0.25, 0.3) is 0 Å². The quantitative estimate of drug-likeness (QED) is 0.700. The molecule has 3 heterocycles. The number of tetrazole rings is 1. The number of alkyl halides is 3. The molecule has 4 rings (SSSR count). The number of rotatable bonds is 1. The number of anilines is 1. The number of fused-ring (bicyclic) bond motifs is 3. The van der Waals surface area contributed by atoms with Gasteiger partial charge in [0.15, 0.2) is 5.82 Å². The van der Waals surface area contributed by atoms with E-state index in [0.717, 1.165) is 25.2 Å². The molecule has 1 fully saturated rings. The maximum atomic E-state index is 13.2. The van der Waals surface area contributed by atoms with Crippen molar-refractivity contribution in [1.82, 2.24) is 30.3 Å².